The highest BCUT2D eigenvalue weighted by atomic mass is 35.5. The summed E-state index contributed by atoms with van der Waals surface area (Å²) >= 11 is 1.72. The number of aromatic nitrogens is 1. The van der Waals surface area contributed by atoms with Gasteiger partial charge < -0.3 is 5.73 Å². The Morgan fingerprint density at radius 3 is 3.14 bits per heavy atom. The summed E-state index contributed by atoms with van der Waals surface area (Å²) < 4.78 is 0. The van der Waals surface area contributed by atoms with E-state index >= 15 is 0 Å². The molecule has 1 fully saturated rings. The number of thiazole rings is 1. The van der Waals surface area contributed by atoms with Gasteiger partial charge in [-0.3, -0.25) is 9.88 Å². The lowest BCUT2D eigenvalue weighted by molar-refractivity contribution is 0.203. The minimum absolute atomic E-state index is 0. The molecule has 80 valence electrons. The van der Waals surface area contributed by atoms with Gasteiger partial charge in [-0.05, 0) is 19.4 Å². The molecule has 0 aliphatic carbocycles. The van der Waals surface area contributed by atoms with Gasteiger partial charge in [-0.25, -0.2) is 0 Å². The molecule has 1 aromatic heterocycles. The Kier molecular flexibility index (Phi) is 4.81. The Labute approximate surface area is 94.7 Å². The van der Waals surface area contributed by atoms with Crippen molar-refractivity contribution in [2.75, 3.05) is 13.1 Å². The second-order valence-corrected chi connectivity index (χ2v) is 4.58. The van der Waals surface area contributed by atoms with Crippen molar-refractivity contribution < 1.29 is 0 Å². The van der Waals surface area contributed by atoms with Crippen molar-refractivity contribution in [1.82, 2.24) is 9.88 Å². The Balaban J connectivity index is 0.000000980. The van der Waals surface area contributed by atoms with Crippen LogP contribution in [0.25, 0.3) is 0 Å². The molecule has 14 heavy (non-hydrogen) atoms. The normalized spacial score (nSPS) is 23.1. The molecule has 1 aliphatic rings. The van der Waals surface area contributed by atoms with Crippen LogP contribution in [-0.4, -0.2) is 29.0 Å². The first-order chi connectivity index (χ1) is 6.34. The highest BCUT2D eigenvalue weighted by Crippen LogP contribution is 2.14. The number of nitrogens with two attached hydrogens (primary N) is 1. The zero-order valence-corrected chi connectivity index (χ0v) is 9.69. The number of rotatable bonds is 2. The summed E-state index contributed by atoms with van der Waals surface area (Å²) in [5, 5.41) is 0. The number of hydrogen-bond acceptors (Lipinski definition) is 4. The minimum Gasteiger partial charge on any atom is -0.327 e. The molecule has 1 atom stereocenters. The smallest absolute Gasteiger partial charge is 0.0794 e. The molecule has 2 heterocycles. The third-order valence-electron chi connectivity index (χ3n) is 2.40. The molecule has 1 aromatic rings. The maximum Gasteiger partial charge on any atom is 0.0794 e. The van der Waals surface area contributed by atoms with Gasteiger partial charge >= 0.3 is 0 Å². The summed E-state index contributed by atoms with van der Waals surface area (Å²) in [4.78, 5) is 7.83. The van der Waals surface area contributed by atoms with Crippen LogP contribution in [0.3, 0.4) is 0 Å². The average molecular weight is 234 g/mol. The van der Waals surface area contributed by atoms with E-state index in [1.807, 2.05) is 11.7 Å². The summed E-state index contributed by atoms with van der Waals surface area (Å²) in [5.74, 6) is 0. The zero-order valence-electron chi connectivity index (χ0n) is 8.06. The summed E-state index contributed by atoms with van der Waals surface area (Å²) in [6, 6.07) is 0.377. The van der Waals surface area contributed by atoms with Gasteiger partial charge in [0.15, 0.2) is 0 Å². The largest absolute Gasteiger partial charge is 0.327 e. The van der Waals surface area contributed by atoms with Crippen LogP contribution < -0.4 is 5.73 Å². The van der Waals surface area contributed by atoms with Crippen LogP contribution in [-0.2, 0) is 6.54 Å². The van der Waals surface area contributed by atoms with Crippen molar-refractivity contribution in [2.45, 2.75) is 25.4 Å². The van der Waals surface area contributed by atoms with Crippen LogP contribution in [0.1, 0.15) is 17.7 Å². The lowest BCUT2D eigenvalue weighted by atomic mass is 10.1. The topological polar surface area (TPSA) is 42.1 Å². The van der Waals surface area contributed by atoms with E-state index in [9.17, 15) is 0 Å². The fourth-order valence-corrected chi connectivity index (χ4v) is 2.41. The molecule has 0 spiro atoms. The van der Waals surface area contributed by atoms with E-state index in [-0.39, 0.29) is 12.4 Å². The van der Waals surface area contributed by atoms with Crippen molar-refractivity contribution >= 4 is 23.7 Å². The Morgan fingerprint density at radius 1 is 1.64 bits per heavy atom. The number of likely N-dealkylation sites (tertiary alicyclic amines) is 1. The van der Waals surface area contributed by atoms with Crippen molar-refractivity contribution in [3.63, 3.8) is 0 Å². The molecule has 1 saturated heterocycles. The van der Waals surface area contributed by atoms with Gasteiger partial charge in [-0.1, -0.05) is 0 Å². The molecule has 0 aromatic carbocycles. The van der Waals surface area contributed by atoms with Gasteiger partial charge in [0.1, 0.15) is 0 Å². The van der Waals surface area contributed by atoms with E-state index < -0.39 is 0 Å². The van der Waals surface area contributed by atoms with E-state index in [0.29, 0.717) is 6.04 Å². The first-order valence-electron chi connectivity index (χ1n) is 4.70. The summed E-state index contributed by atoms with van der Waals surface area (Å²) in [5.41, 5.74) is 7.79. The molecule has 0 saturated carbocycles. The molecular weight excluding hydrogens is 218 g/mol. The molecule has 0 amide bonds. The first-order valence-corrected chi connectivity index (χ1v) is 5.58. The van der Waals surface area contributed by atoms with E-state index in [2.05, 4.69) is 9.88 Å². The predicted octanol–water partition coefficient (Wildman–Crippen LogP) is 1.49. The van der Waals surface area contributed by atoms with Crippen LogP contribution in [0, 0.1) is 0 Å². The molecule has 2 N–H and O–H groups in total. The second kappa shape index (κ2) is 5.66. The van der Waals surface area contributed by atoms with Crippen LogP contribution in [0.4, 0.5) is 0 Å². The molecular formula is C9H16ClN3S. The minimum atomic E-state index is 0. The fourth-order valence-electron chi connectivity index (χ4n) is 1.78. The van der Waals surface area contributed by atoms with Gasteiger partial charge in [-0.2, -0.15) is 0 Å². The molecule has 1 aliphatic heterocycles. The van der Waals surface area contributed by atoms with E-state index in [1.165, 1.54) is 24.3 Å². The molecule has 3 nitrogen and oxygen atoms in total. The quantitative estimate of drug-likeness (QED) is 0.842. The summed E-state index contributed by atoms with van der Waals surface area (Å²) in [6.45, 7) is 3.25. The maximum absolute atomic E-state index is 5.90. The Bertz CT molecular complexity index is 253. The third kappa shape index (κ3) is 3.20. The van der Waals surface area contributed by atoms with Gasteiger partial charge in [0.25, 0.3) is 0 Å². The van der Waals surface area contributed by atoms with Gasteiger partial charge in [0.2, 0.25) is 0 Å². The summed E-state index contributed by atoms with van der Waals surface area (Å²) in [7, 11) is 0. The Hall–Kier alpha value is -0.160. The van der Waals surface area contributed by atoms with Gasteiger partial charge in [0, 0.05) is 30.2 Å². The standard InChI is InChI=1S/C9H15N3S.ClH/c10-8-2-1-3-12(5-8)6-9-4-11-7-13-9;/h4,7-8H,1-3,5-6,10H2;1H. The molecule has 5 heteroatoms. The predicted molar refractivity (Wildman–Crippen MR) is 61.8 cm³/mol. The van der Waals surface area contributed by atoms with E-state index in [4.69, 9.17) is 5.73 Å². The lowest BCUT2D eigenvalue weighted by Gasteiger charge is -2.29. The fraction of sp³-hybridized carbons (Fsp3) is 0.667. The number of hydrogen-bond donors (Lipinski definition) is 1. The number of nitrogens with zero attached hydrogens (tertiary/aromatic N) is 2. The molecule has 1 unspecified atom stereocenters. The van der Waals surface area contributed by atoms with Crippen molar-refractivity contribution in [3.05, 3.63) is 16.6 Å². The van der Waals surface area contributed by atoms with Crippen LogP contribution >= 0.6 is 23.7 Å². The average Bonchev–Trinajstić information content (AvgIpc) is 2.57. The maximum atomic E-state index is 5.90. The second-order valence-electron chi connectivity index (χ2n) is 3.61. The number of piperidine rings is 1. The number of halogens is 1. The van der Waals surface area contributed by atoms with Crippen molar-refractivity contribution in [1.29, 1.82) is 0 Å². The van der Waals surface area contributed by atoms with Crippen LogP contribution in [0.15, 0.2) is 11.7 Å². The van der Waals surface area contributed by atoms with Crippen LogP contribution in [0.5, 0.6) is 0 Å². The molecule has 0 radical (unpaired) electrons. The SMILES string of the molecule is Cl.NC1CCCN(Cc2cncs2)C1. The van der Waals surface area contributed by atoms with Crippen LogP contribution in [0.2, 0.25) is 0 Å². The Morgan fingerprint density at radius 2 is 2.50 bits per heavy atom. The monoisotopic (exact) mass is 233 g/mol. The van der Waals surface area contributed by atoms with Gasteiger partial charge in [0.05, 0.1) is 5.51 Å². The van der Waals surface area contributed by atoms with Crippen molar-refractivity contribution in [3.8, 4) is 0 Å². The third-order valence-corrected chi connectivity index (χ3v) is 3.17. The highest BCUT2D eigenvalue weighted by molar-refractivity contribution is 7.09. The van der Waals surface area contributed by atoms with Crippen molar-refractivity contribution in [2.24, 2.45) is 5.73 Å². The molecule has 2 rings (SSSR count). The van der Waals surface area contributed by atoms with Gasteiger partial charge in [-0.15, -0.1) is 23.7 Å². The first kappa shape index (κ1) is 11.9. The molecule has 0 bridgehead atoms. The van der Waals surface area contributed by atoms with E-state index in [1.54, 1.807) is 11.3 Å². The van der Waals surface area contributed by atoms with E-state index in [0.717, 1.165) is 13.1 Å². The lowest BCUT2D eigenvalue weighted by Crippen LogP contribution is -2.42. The highest BCUT2D eigenvalue weighted by Gasteiger charge is 2.16. The summed E-state index contributed by atoms with van der Waals surface area (Å²) in [6.07, 6.45) is 4.37. The zero-order chi connectivity index (χ0) is 9.10.